The third-order valence-corrected chi connectivity index (χ3v) is 10.4. The first-order valence-electron chi connectivity index (χ1n) is 9.44. The molecule has 124 valence electrons. The molecule has 0 saturated carbocycles. The van der Waals surface area contributed by atoms with E-state index in [0.29, 0.717) is 0 Å². The molecule has 0 N–H and O–H groups in total. The molecule has 0 amide bonds. The Morgan fingerprint density at radius 3 is 1.30 bits per heavy atom. The highest BCUT2D eigenvalue weighted by atomic mass is 28.3. The van der Waals surface area contributed by atoms with Gasteiger partial charge in [-0.15, -0.1) is 0 Å². The van der Waals surface area contributed by atoms with Crippen LogP contribution < -0.4 is 10.4 Å². The fourth-order valence-corrected chi connectivity index (χ4v) is 8.84. The van der Waals surface area contributed by atoms with Gasteiger partial charge >= 0.3 is 0 Å². The minimum atomic E-state index is -1.62. The zero-order valence-electron chi connectivity index (χ0n) is 14.9. The fraction of sp³-hybridized carbons (Fsp3) is 0.455. The Morgan fingerprint density at radius 2 is 0.957 bits per heavy atom. The van der Waals surface area contributed by atoms with Crippen LogP contribution in [0.4, 0.5) is 0 Å². The standard InChI is InChI=1S/C22H32Si/c1-3-5-13-19-23(20-14-6-4-2,21-15-9-7-10-16-21)22-17-11-8-12-18-22/h7-12,15-18H,3-6,13-14,19-20H2,1-2H3. The van der Waals surface area contributed by atoms with Crippen LogP contribution in [0.1, 0.15) is 52.4 Å². The van der Waals surface area contributed by atoms with Gasteiger partial charge in [0.15, 0.2) is 0 Å². The maximum absolute atomic E-state index is 2.40. The molecule has 0 aliphatic rings. The monoisotopic (exact) mass is 324 g/mol. The predicted molar refractivity (Wildman–Crippen MR) is 107 cm³/mol. The lowest BCUT2D eigenvalue weighted by molar-refractivity contribution is 0.744. The van der Waals surface area contributed by atoms with Gasteiger partial charge in [-0.25, -0.2) is 0 Å². The zero-order chi connectivity index (χ0) is 16.4. The van der Waals surface area contributed by atoms with E-state index >= 15 is 0 Å². The SMILES string of the molecule is CCCCC[Si](CCCCC)(c1ccccc1)c1ccccc1. The average Bonchev–Trinajstić information content (AvgIpc) is 2.62. The van der Waals surface area contributed by atoms with Crippen molar-refractivity contribution in [2.24, 2.45) is 0 Å². The van der Waals surface area contributed by atoms with E-state index in [1.165, 1.54) is 50.6 Å². The maximum atomic E-state index is 2.40. The van der Waals surface area contributed by atoms with Crippen LogP contribution in [0, 0.1) is 0 Å². The predicted octanol–water partition coefficient (Wildman–Crippen LogP) is 5.63. The summed E-state index contributed by atoms with van der Waals surface area (Å²) in [6.45, 7) is 4.62. The molecule has 2 rings (SSSR count). The Morgan fingerprint density at radius 1 is 0.565 bits per heavy atom. The summed E-state index contributed by atoms with van der Waals surface area (Å²) in [7, 11) is -1.62. The van der Waals surface area contributed by atoms with Crippen LogP contribution >= 0.6 is 0 Å². The van der Waals surface area contributed by atoms with Gasteiger partial charge in [0.1, 0.15) is 8.07 Å². The van der Waals surface area contributed by atoms with E-state index in [4.69, 9.17) is 0 Å². The van der Waals surface area contributed by atoms with Crippen molar-refractivity contribution >= 4 is 18.4 Å². The van der Waals surface area contributed by atoms with Gasteiger partial charge in [0.2, 0.25) is 0 Å². The van der Waals surface area contributed by atoms with E-state index < -0.39 is 8.07 Å². The lowest BCUT2D eigenvalue weighted by Gasteiger charge is -2.33. The molecule has 2 aromatic rings. The summed E-state index contributed by atoms with van der Waals surface area (Å²) in [5.41, 5.74) is 0. The highest BCUT2D eigenvalue weighted by Gasteiger charge is 2.35. The van der Waals surface area contributed by atoms with E-state index in [1.807, 2.05) is 0 Å². The molecule has 23 heavy (non-hydrogen) atoms. The Hall–Kier alpha value is -1.34. The molecule has 0 radical (unpaired) electrons. The van der Waals surface area contributed by atoms with Crippen molar-refractivity contribution in [1.29, 1.82) is 0 Å². The molecular weight excluding hydrogens is 292 g/mol. The number of rotatable bonds is 10. The molecule has 0 nitrogen and oxygen atoms in total. The average molecular weight is 325 g/mol. The molecule has 0 saturated heterocycles. The molecular formula is C22H32Si. The van der Waals surface area contributed by atoms with E-state index in [2.05, 4.69) is 74.5 Å². The van der Waals surface area contributed by atoms with Crippen molar-refractivity contribution in [3.05, 3.63) is 60.7 Å². The van der Waals surface area contributed by atoms with Crippen LogP contribution in [0.3, 0.4) is 0 Å². The minimum absolute atomic E-state index is 1.31. The minimum Gasteiger partial charge on any atom is -0.0654 e. The van der Waals surface area contributed by atoms with Gasteiger partial charge in [-0.1, -0.05) is 123 Å². The van der Waals surface area contributed by atoms with Crippen LogP contribution in [0.15, 0.2) is 60.7 Å². The lowest BCUT2D eigenvalue weighted by atomic mass is 10.3. The highest BCUT2D eigenvalue weighted by Crippen LogP contribution is 2.23. The van der Waals surface area contributed by atoms with E-state index in [9.17, 15) is 0 Å². The van der Waals surface area contributed by atoms with Gasteiger partial charge in [-0.3, -0.25) is 0 Å². The van der Waals surface area contributed by atoms with Crippen molar-refractivity contribution in [3.8, 4) is 0 Å². The molecule has 2 aromatic carbocycles. The van der Waals surface area contributed by atoms with Crippen molar-refractivity contribution in [3.63, 3.8) is 0 Å². The van der Waals surface area contributed by atoms with E-state index in [0.717, 1.165) is 0 Å². The zero-order valence-corrected chi connectivity index (χ0v) is 15.9. The Labute approximate surface area is 144 Å². The molecule has 0 aliphatic heterocycles. The second kappa shape index (κ2) is 9.72. The van der Waals surface area contributed by atoms with Gasteiger partial charge < -0.3 is 0 Å². The van der Waals surface area contributed by atoms with E-state index in [1.54, 1.807) is 10.4 Å². The Kier molecular flexibility index (Phi) is 7.61. The summed E-state index contributed by atoms with van der Waals surface area (Å²) < 4.78 is 0. The third-order valence-electron chi connectivity index (χ3n) is 5.07. The lowest BCUT2D eigenvalue weighted by Crippen LogP contribution is -2.58. The second-order valence-electron chi connectivity index (χ2n) is 6.73. The molecule has 0 heterocycles. The number of hydrogen-bond acceptors (Lipinski definition) is 0. The molecule has 0 bridgehead atoms. The van der Waals surface area contributed by atoms with Crippen molar-refractivity contribution in [1.82, 2.24) is 0 Å². The first kappa shape index (κ1) is 18.0. The third kappa shape index (κ3) is 4.81. The molecule has 0 fully saturated rings. The fourth-order valence-electron chi connectivity index (χ4n) is 3.74. The summed E-state index contributed by atoms with van der Waals surface area (Å²) in [6.07, 6.45) is 8.09. The molecule has 1 heteroatoms. The van der Waals surface area contributed by atoms with Crippen LogP contribution in [-0.4, -0.2) is 8.07 Å². The normalized spacial score (nSPS) is 11.6. The van der Waals surface area contributed by atoms with Crippen molar-refractivity contribution in [2.45, 2.75) is 64.5 Å². The molecule has 0 aromatic heterocycles. The number of benzene rings is 2. The number of hydrogen-bond donors (Lipinski definition) is 0. The smallest absolute Gasteiger partial charge is 0.0654 e. The molecule has 0 spiro atoms. The van der Waals surface area contributed by atoms with Crippen LogP contribution in [-0.2, 0) is 0 Å². The van der Waals surface area contributed by atoms with Gasteiger partial charge in [0.25, 0.3) is 0 Å². The number of unbranched alkanes of at least 4 members (excludes halogenated alkanes) is 4. The van der Waals surface area contributed by atoms with E-state index in [-0.39, 0.29) is 0 Å². The van der Waals surface area contributed by atoms with Crippen LogP contribution in [0.5, 0.6) is 0 Å². The maximum Gasteiger partial charge on any atom is 0.118 e. The van der Waals surface area contributed by atoms with Crippen molar-refractivity contribution in [2.75, 3.05) is 0 Å². The van der Waals surface area contributed by atoms with Crippen LogP contribution in [0.25, 0.3) is 0 Å². The summed E-state index contributed by atoms with van der Waals surface area (Å²) in [4.78, 5) is 0. The van der Waals surface area contributed by atoms with Crippen molar-refractivity contribution < 1.29 is 0 Å². The molecule has 0 unspecified atom stereocenters. The van der Waals surface area contributed by atoms with Gasteiger partial charge in [-0.05, 0) is 12.1 Å². The Balaban J connectivity index is 2.39. The van der Waals surface area contributed by atoms with Crippen LogP contribution in [0.2, 0.25) is 12.1 Å². The molecule has 0 atom stereocenters. The first-order chi connectivity index (χ1) is 11.3. The molecule has 0 aliphatic carbocycles. The topological polar surface area (TPSA) is 0 Å². The quantitative estimate of drug-likeness (QED) is 0.392. The summed E-state index contributed by atoms with van der Waals surface area (Å²) >= 11 is 0. The summed E-state index contributed by atoms with van der Waals surface area (Å²) in [5.74, 6) is 0. The van der Waals surface area contributed by atoms with Gasteiger partial charge in [0, 0.05) is 0 Å². The van der Waals surface area contributed by atoms with Gasteiger partial charge in [0.05, 0.1) is 0 Å². The Bertz CT molecular complexity index is 481. The summed E-state index contributed by atoms with van der Waals surface area (Å²) in [5, 5.41) is 3.27. The largest absolute Gasteiger partial charge is 0.118 e. The first-order valence-corrected chi connectivity index (χ1v) is 11.9. The van der Waals surface area contributed by atoms with Gasteiger partial charge in [-0.2, -0.15) is 0 Å². The summed E-state index contributed by atoms with van der Waals surface area (Å²) in [6, 6.07) is 25.7. The second-order valence-corrected chi connectivity index (χ2v) is 11.0. The highest BCUT2D eigenvalue weighted by molar-refractivity contribution is 7.02.